The van der Waals surface area contributed by atoms with Crippen molar-refractivity contribution in [1.82, 2.24) is 5.32 Å². The Labute approximate surface area is 125 Å². The van der Waals surface area contributed by atoms with Crippen LogP contribution in [0.3, 0.4) is 0 Å². The lowest BCUT2D eigenvalue weighted by Crippen LogP contribution is -2.17. The van der Waals surface area contributed by atoms with Gasteiger partial charge in [0.25, 0.3) is 5.91 Å². The zero-order valence-electron chi connectivity index (χ0n) is 12.5. The molecule has 0 fully saturated rings. The molecule has 21 heavy (non-hydrogen) atoms. The normalized spacial score (nSPS) is 9.10. The molecule has 0 bridgehead atoms. The summed E-state index contributed by atoms with van der Waals surface area (Å²) in [5, 5.41) is 5.12. The number of hydrogen-bond acceptors (Lipinski definition) is 2. The number of amides is 2. The Kier molecular flexibility index (Phi) is 6.68. The summed E-state index contributed by atoms with van der Waals surface area (Å²) in [5.74, 6) is -0.0336. The van der Waals surface area contributed by atoms with Crippen molar-refractivity contribution in [2.24, 2.45) is 0 Å². The van der Waals surface area contributed by atoms with Crippen LogP contribution in [0.2, 0.25) is 0 Å². The van der Waals surface area contributed by atoms with E-state index in [1.165, 1.54) is 5.56 Å². The van der Waals surface area contributed by atoms with Crippen molar-refractivity contribution in [3.05, 3.63) is 65.2 Å². The third-order valence-electron chi connectivity index (χ3n) is 2.78. The first-order valence-corrected chi connectivity index (χ1v) is 6.62. The smallest absolute Gasteiger partial charge is 0.251 e. The lowest BCUT2D eigenvalue weighted by atomic mass is 10.1. The third-order valence-corrected chi connectivity index (χ3v) is 2.78. The van der Waals surface area contributed by atoms with E-state index in [9.17, 15) is 9.59 Å². The molecule has 2 rings (SSSR count). The van der Waals surface area contributed by atoms with Crippen LogP contribution in [0.1, 0.15) is 21.5 Å². The van der Waals surface area contributed by atoms with Gasteiger partial charge in [-0.05, 0) is 38.1 Å². The van der Waals surface area contributed by atoms with E-state index in [0.29, 0.717) is 12.0 Å². The van der Waals surface area contributed by atoms with E-state index in [4.69, 9.17) is 0 Å². The highest BCUT2D eigenvalue weighted by Gasteiger charge is 2.00. The van der Waals surface area contributed by atoms with Crippen molar-refractivity contribution in [3.63, 3.8) is 0 Å². The Balaban J connectivity index is 0.000000211. The van der Waals surface area contributed by atoms with Gasteiger partial charge in [0.05, 0.1) is 0 Å². The predicted molar refractivity (Wildman–Crippen MR) is 85.4 cm³/mol. The number of nitrogens with one attached hydrogen (secondary N) is 2. The molecule has 0 aliphatic carbocycles. The summed E-state index contributed by atoms with van der Waals surface area (Å²) in [4.78, 5) is 21.0. The van der Waals surface area contributed by atoms with E-state index in [-0.39, 0.29) is 5.91 Å². The molecule has 110 valence electrons. The molecule has 2 amide bonds. The van der Waals surface area contributed by atoms with Crippen LogP contribution in [0.15, 0.2) is 48.5 Å². The maximum absolute atomic E-state index is 11.1. The lowest BCUT2D eigenvalue weighted by molar-refractivity contribution is -0.105. The summed E-state index contributed by atoms with van der Waals surface area (Å²) < 4.78 is 0. The van der Waals surface area contributed by atoms with Crippen LogP contribution >= 0.6 is 0 Å². The van der Waals surface area contributed by atoms with Crippen molar-refractivity contribution < 1.29 is 9.59 Å². The van der Waals surface area contributed by atoms with Gasteiger partial charge < -0.3 is 10.6 Å². The molecule has 0 spiro atoms. The van der Waals surface area contributed by atoms with Crippen LogP contribution in [0.5, 0.6) is 0 Å². The Hall–Kier alpha value is -2.62. The molecular formula is C17H20N2O2. The highest BCUT2D eigenvalue weighted by molar-refractivity contribution is 5.94. The van der Waals surface area contributed by atoms with Crippen molar-refractivity contribution in [1.29, 1.82) is 0 Å². The summed E-state index contributed by atoms with van der Waals surface area (Å²) in [5.41, 5.74) is 3.84. The molecule has 0 radical (unpaired) electrons. The van der Waals surface area contributed by atoms with Crippen LogP contribution < -0.4 is 10.6 Å². The van der Waals surface area contributed by atoms with E-state index in [0.717, 1.165) is 11.3 Å². The van der Waals surface area contributed by atoms with E-state index in [1.807, 2.05) is 56.3 Å². The second kappa shape index (κ2) is 8.53. The Morgan fingerprint density at radius 1 is 1.00 bits per heavy atom. The Bertz CT molecular complexity index is 592. The van der Waals surface area contributed by atoms with Gasteiger partial charge in [0.1, 0.15) is 0 Å². The summed E-state index contributed by atoms with van der Waals surface area (Å²) in [6.45, 7) is 3.97. The van der Waals surface area contributed by atoms with Gasteiger partial charge in [-0.25, -0.2) is 0 Å². The number of rotatable bonds is 3. The standard InChI is InChI=1S/C9H11NO.C8H9NO/c1-7-4-3-5-8(6-7)9(11)10-2;1-7-2-4-8(5-3-7)9-6-10/h3-6H,1-2H3,(H,10,11);2-6H,1H3,(H,9,10). The summed E-state index contributed by atoms with van der Waals surface area (Å²) in [6, 6.07) is 15.1. The molecule has 2 N–H and O–H groups in total. The fraction of sp³-hybridized carbons (Fsp3) is 0.176. The third kappa shape index (κ3) is 5.91. The molecular weight excluding hydrogens is 264 g/mol. The van der Waals surface area contributed by atoms with Gasteiger partial charge in [0, 0.05) is 18.3 Å². The molecule has 4 nitrogen and oxygen atoms in total. The van der Waals surface area contributed by atoms with Gasteiger partial charge in [0.2, 0.25) is 6.41 Å². The van der Waals surface area contributed by atoms with Gasteiger partial charge in [-0.3, -0.25) is 9.59 Å². The van der Waals surface area contributed by atoms with Gasteiger partial charge in [-0.15, -0.1) is 0 Å². The van der Waals surface area contributed by atoms with Crippen molar-refractivity contribution in [2.45, 2.75) is 13.8 Å². The number of carbonyl (C=O) groups excluding carboxylic acids is 2. The number of carbonyl (C=O) groups is 2. The van der Waals surface area contributed by atoms with Crippen LogP contribution in [-0.4, -0.2) is 19.4 Å². The maximum Gasteiger partial charge on any atom is 0.251 e. The first kappa shape index (κ1) is 16.4. The van der Waals surface area contributed by atoms with Crippen LogP contribution in [0, 0.1) is 13.8 Å². The minimum absolute atomic E-state index is 0.0336. The predicted octanol–water partition coefficient (Wildman–Crippen LogP) is 2.92. The molecule has 4 heteroatoms. The monoisotopic (exact) mass is 284 g/mol. The molecule has 0 unspecified atom stereocenters. The zero-order valence-corrected chi connectivity index (χ0v) is 12.5. The fourth-order valence-electron chi connectivity index (χ4n) is 1.65. The molecule has 0 saturated heterocycles. The lowest BCUT2D eigenvalue weighted by Gasteiger charge is -1.99. The molecule has 0 heterocycles. The minimum atomic E-state index is -0.0336. The van der Waals surface area contributed by atoms with Crippen molar-refractivity contribution >= 4 is 18.0 Å². The van der Waals surface area contributed by atoms with E-state index in [1.54, 1.807) is 13.1 Å². The Morgan fingerprint density at radius 3 is 2.19 bits per heavy atom. The van der Waals surface area contributed by atoms with Gasteiger partial charge in [-0.1, -0.05) is 35.4 Å². The van der Waals surface area contributed by atoms with E-state index < -0.39 is 0 Å². The molecule has 2 aromatic carbocycles. The largest absolute Gasteiger partial charge is 0.355 e. The molecule has 2 aromatic rings. The molecule has 0 aromatic heterocycles. The second-order valence-corrected chi connectivity index (χ2v) is 4.58. The molecule has 0 aliphatic heterocycles. The first-order chi connectivity index (χ1) is 10.1. The average molecular weight is 284 g/mol. The number of aryl methyl sites for hydroxylation is 2. The van der Waals surface area contributed by atoms with E-state index in [2.05, 4.69) is 10.6 Å². The minimum Gasteiger partial charge on any atom is -0.355 e. The van der Waals surface area contributed by atoms with Crippen LogP contribution in [0.4, 0.5) is 5.69 Å². The fourth-order valence-corrected chi connectivity index (χ4v) is 1.65. The van der Waals surface area contributed by atoms with E-state index >= 15 is 0 Å². The quantitative estimate of drug-likeness (QED) is 0.851. The first-order valence-electron chi connectivity index (χ1n) is 6.62. The molecule has 0 saturated carbocycles. The van der Waals surface area contributed by atoms with Gasteiger partial charge in [-0.2, -0.15) is 0 Å². The van der Waals surface area contributed by atoms with Gasteiger partial charge >= 0.3 is 0 Å². The number of hydrogen-bond donors (Lipinski definition) is 2. The molecule has 0 aliphatic rings. The average Bonchev–Trinajstić information content (AvgIpc) is 2.50. The number of benzene rings is 2. The van der Waals surface area contributed by atoms with Gasteiger partial charge in [0.15, 0.2) is 0 Å². The van der Waals surface area contributed by atoms with Crippen molar-refractivity contribution in [2.75, 3.05) is 12.4 Å². The zero-order chi connectivity index (χ0) is 15.7. The Morgan fingerprint density at radius 2 is 1.67 bits per heavy atom. The second-order valence-electron chi connectivity index (χ2n) is 4.58. The van der Waals surface area contributed by atoms with Crippen molar-refractivity contribution in [3.8, 4) is 0 Å². The number of anilines is 1. The summed E-state index contributed by atoms with van der Waals surface area (Å²) >= 11 is 0. The highest BCUT2D eigenvalue weighted by atomic mass is 16.1. The topological polar surface area (TPSA) is 58.2 Å². The highest BCUT2D eigenvalue weighted by Crippen LogP contribution is 2.06. The summed E-state index contributed by atoms with van der Waals surface area (Å²) in [6.07, 6.45) is 0.671. The summed E-state index contributed by atoms with van der Waals surface area (Å²) in [7, 11) is 1.63. The van der Waals surface area contributed by atoms with Crippen LogP contribution in [-0.2, 0) is 4.79 Å². The molecule has 0 atom stereocenters. The maximum atomic E-state index is 11.1. The van der Waals surface area contributed by atoms with Crippen LogP contribution in [0.25, 0.3) is 0 Å². The SMILES string of the molecule is CNC(=O)c1cccc(C)c1.Cc1ccc(NC=O)cc1.